The monoisotopic (exact) mass is 439 g/mol. The Labute approximate surface area is 187 Å². The van der Waals surface area contributed by atoms with Crippen LogP contribution in [0.3, 0.4) is 0 Å². The van der Waals surface area contributed by atoms with E-state index < -0.39 is 14.4 Å². The van der Waals surface area contributed by atoms with Crippen molar-refractivity contribution in [2.45, 2.75) is 64.5 Å². The first-order valence-electron chi connectivity index (χ1n) is 11.1. The highest BCUT2D eigenvalue weighted by Crippen LogP contribution is 2.36. The molecular weight excluding hydrogens is 402 g/mol. The lowest BCUT2D eigenvalue weighted by molar-refractivity contribution is 0.0932. The molecule has 4 nitrogen and oxygen atoms in total. The molecule has 1 atom stereocenters. The predicted molar refractivity (Wildman–Crippen MR) is 131 cm³/mol. The molecule has 1 N–H and O–H groups in total. The molecule has 0 bridgehead atoms. The minimum absolute atomic E-state index is 0.151. The van der Waals surface area contributed by atoms with Crippen LogP contribution in [-0.2, 0) is 24.5 Å². The van der Waals surface area contributed by atoms with E-state index >= 15 is 0 Å². The number of nitrogens with zero attached hydrogens (tertiary/aromatic N) is 1. The van der Waals surface area contributed by atoms with E-state index in [9.17, 15) is 5.11 Å². The largest absolute Gasteiger partial charge is 0.489 e. The minimum Gasteiger partial charge on any atom is -0.489 e. The van der Waals surface area contributed by atoms with Gasteiger partial charge in [0.1, 0.15) is 12.4 Å². The number of aliphatic hydroxyl groups is 1. The average molecular weight is 440 g/mol. The molecule has 0 aliphatic rings. The second-order valence-corrected chi connectivity index (χ2v) is 14.8. The van der Waals surface area contributed by atoms with Gasteiger partial charge in [-0.1, -0.05) is 51.1 Å². The fourth-order valence-corrected chi connectivity index (χ4v) is 4.45. The average Bonchev–Trinajstić information content (AvgIpc) is 3.04. The van der Waals surface area contributed by atoms with Crippen LogP contribution in [0.2, 0.25) is 18.1 Å². The molecule has 31 heavy (non-hydrogen) atoms. The molecule has 0 fully saturated rings. The number of fused-ring (bicyclic) bond motifs is 1. The van der Waals surface area contributed by atoms with E-state index in [1.54, 1.807) is 0 Å². The molecule has 168 valence electrons. The highest BCUT2D eigenvalue weighted by Gasteiger charge is 2.37. The van der Waals surface area contributed by atoms with Gasteiger partial charge in [0.2, 0.25) is 0 Å². The van der Waals surface area contributed by atoms with Crippen LogP contribution in [-0.4, -0.2) is 30.7 Å². The summed E-state index contributed by atoms with van der Waals surface area (Å²) in [5.41, 5.74) is 3.56. The molecule has 5 heteroatoms. The standard InChI is InChI=1S/C26H37NO3Si/c1-26(2,3)31(5,6)30-19-22(28)13-12-21-17-27(4)25-15-14-23(16-24(21)25)29-18-20-10-8-7-9-11-20/h7-11,14-17,22,28H,12-13,18-19H2,1-6H3. The maximum Gasteiger partial charge on any atom is 0.192 e. The third-order valence-electron chi connectivity index (χ3n) is 6.48. The molecule has 2 aromatic carbocycles. The second kappa shape index (κ2) is 9.59. The Balaban J connectivity index is 1.63. The van der Waals surface area contributed by atoms with Crippen LogP contribution in [0.15, 0.2) is 54.7 Å². The normalized spacial score (nSPS) is 13.5. The Morgan fingerprint density at radius 3 is 2.45 bits per heavy atom. The Morgan fingerprint density at radius 2 is 1.77 bits per heavy atom. The number of aromatic nitrogens is 1. The van der Waals surface area contributed by atoms with Crippen molar-refractivity contribution in [2.24, 2.45) is 7.05 Å². The maximum atomic E-state index is 10.5. The van der Waals surface area contributed by atoms with Crippen LogP contribution in [0, 0.1) is 0 Å². The van der Waals surface area contributed by atoms with Gasteiger partial charge in [-0.25, -0.2) is 0 Å². The molecule has 1 heterocycles. The first-order valence-corrected chi connectivity index (χ1v) is 14.0. The van der Waals surface area contributed by atoms with E-state index in [0.29, 0.717) is 19.6 Å². The lowest BCUT2D eigenvalue weighted by Crippen LogP contribution is -2.42. The zero-order chi connectivity index (χ0) is 22.6. The third kappa shape index (κ3) is 6.00. The van der Waals surface area contributed by atoms with Crippen molar-refractivity contribution < 1.29 is 14.3 Å². The molecule has 0 saturated heterocycles. The van der Waals surface area contributed by atoms with Gasteiger partial charge in [-0.15, -0.1) is 0 Å². The smallest absolute Gasteiger partial charge is 0.192 e. The fraction of sp³-hybridized carbons (Fsp3) is 0.462. The summed E-state index contributed by atoms with van der Waals surface area (Å²) in [5.74, 6) is 0.866. The summed E-state index contributed by atoms with van der Waals surface area (Å²) in [5, 5.41) is 11.9. The zero-order valence-corrected chi connectivity index (χ0v) is 20.8. The van der Waals surface area contributed by atoms with Crippen LogP contribution >= 0.6 is 0 Å². The zero-order valence-electron chi connectivity index (χ0n) is 19.8. The first kappa shape index (κ1) is 23.6. The van der Waals surface area contributed by atoms with Crippen molar-refractivity contribution in [3.8, 4) is 5.75 Å². The van der Waals surface area contributed by atoms with Gasteiger partial charge in [-0.2, -0.15) is 0 Å². The first-order chi connectivity index (χ1) is 14.6. The van der Waals surface area contributed by atoms with E-state index in [1.807, 2.05) is 24.3 Å². The lowest BCUT2D eigenvalue weighted by atomic mass is 10.1. The van der Waals surface area contributed by atoms with Crippen molar-refractivity contribution in [3.05, 3.63) is 65.9 Å². The minimum atomic E-state index is -1.84. The Morgan fingerprint density at radius 1 is 1.06 bits per heavy atom. The maximum absolute atomic E-state index is 10.5. The molecule has 0 radical (unpaired) electrons. The van der Waals surface area contributed by atoms with Gasteiger partial charge in [0.05, 0.1) is 12.7 Å². The van der Waals surface area contributed by atoms with Crippen molar-refractivity contribution >= 4 is 19.2 Å². The number of hydrogen-bond donors (Lipinski definition) is 1. The van der Waals surface area contributed by atoms with Crippen molar-refractivity contribution in [1.82, 2.24) is 4.57 Å². The molecular formula is C26H37NO3Si. The number of aliphatic hydroxyl groups excluding tert-OH is 1. The second-order valence-electron chi connectivity index (χ2n) is 9.98. The summed E-state index contributed by atoms with van der Waals surface area (Å²) in [6.07, 6.45) is 3.19. The van der Waals surface area contributed by atoms with E-state index in [2.05, 4.69) is 75.9 Å². The van der Waals surface area contributed by atoms with Crippen molar-refractivity contribution in [3.63, 3.8) is 0 Å². The van der Waals surface area contributed by atoms with Crippen molar-refractivity contribution in [1.29, 1.82) is 0 Å². The molecule has 0 amide bonds. The molecule has 0 spiro atoms. The Bertz CT molecular complexity index is 989. The predicted octanol–water partition coefficient (Wildman–Crippen LogP) is 6.07. The van der Waals surface area contributed by atoms with Gasteiger partial charge >= 0.3 is 0 Å². The molecule has 3 rings (SSSR count). The third-order valence-corrected chi connectivity index (χ3v) is 11.0. The summed E-state index contributed by atoms with van der Waals surface area (Å²) in [4.78, 5) is 0. The highest BCUT2D eigenvalue weighted by molar-refractivity contribution is 6.74. The summed E-state index contributed by atoms with van der Waals surface area (Å²) < 4.78 is 14.4. The van der Waals surface area contributed by atoms with E-state index in [4.69, 9.17) is 9.16 Å². The van der Waals surface area contributed by atoms with E-state index in [1.165, 1.54) is 16.5 Å². The lowest BCUT2D eigenvalue weighted by Gasteiger charge is -2.36. The Hall–Kier alpha value is -2.08. The Kier molecular flexibility index (Phi) is 7.30. The van der Waals surface area contributed by atoms with Crippen LogP contribution < -0.4 is 4.74 Å². The molecule has 0 aliphatic heterocycles. The van der Waals surface area contributed by atoms with Crippen LogP contribution in [0.4, 0.5) is 0 Å². The topological polar surface area (TPSA) is 43.6 Å². The van der Waals surface area contributed by atoms with E-state index in [-0.39, 0.29) is 5.04 Å². The molecule has 3 aromatic rings. The molecule has 0 aliphatic carbocycles. The van der Waals surface area contributed by atoms with Crippen LogP contribution in [0.25, 0.3) is 10.9 Å². The summed E-state index contributed by atoms with van der Waals surface area (Å²) >= 11 is 0. The van der Waals surface area contributed by atoms with Gasteiger partial charge in [-0.3, -0.25) is 0 Å². The summed E-state index contributed by atoms with van der Waals surface area (Å²) in [7, 11) is 0.222. The number of aryl methyl sites for hydroxylation is 2. The SMILES string of the molecule is Cn1cc(CCC(O)CO[Si](C)(C)C(C)(C)C)c2cc(OCc3ccccc3)ccc21. The number of rotatable bonds is 9. The number of hydrogen-bond acceptors (Lipinski definition) is 3. The van der Waals surface area contributed by atoms with Crippen molar-refractivity contribution in [2.75, 3.05) is 6.61 Å². The quantitative estimate of drug-likeness (QED) is 0.411. The molecule has 1 aromatic heterocycles. The fourth-order valence-electron chi connectivity index (χ4n) is 3.41. The molecule has 1 unspecified atom stereocenters. The van der Waals surface area contributed by atoms with Crippen LogP contribution in [0.5, 0.6) is 5.75 Å². The van der Waals surface area contributed by atoms with Gasteiger partial charge in [-0.05, 0) is 60.3 Å². The van der Waals surface area contributed by atoms with Gasteiger partial charge in [0, 0.05) is 24.1 Å². The van der Waals surface area contributed by atoms with Gasteiger partial charge in [0.25, 0.3) is 0 Å². The highest BCUT2D eigenvalue weighted by atomic mass is 28.4. The van der Waals surface area contributed by atoms with Crippen LogP contribution in [0.1, 0.15) is 38.3 Å². The number of ether oxygens (including phenoxy) is 1. The summed E-state index contributed by atoms with van der Waals surface area (Å²) in [6, 6.07) is 16.4. The number of benzene rings is 2. The van der Waals surface area contributed by atoms with E-state index in [0.717, 1.165) is 17.7 Å². The molecule has 0 saturated carbocycles. The van der Waals surface area contributed by atoms with Gasteiger partial charge < -0.3 is 18.8 Å². The summed E-state index contributed by atoms with van der Waals surface area (Å²) in [6.45, 7) is 12.1. The van der Waals surface area contributed by atoms with Gasteiger partial charge in [0.15, 0.2) is 8.32 Å².